The molecule has 0 radical (unpaired) electrons. The quantitative estimate of drug-likeness (QED) is 0.815. The zero-order valence-electron chi connectivity index (χ0n) is 13.3. The number of carbonyl (C=O) groups is 1. The Bertz CT molecular complexity index is 760. The Morgan fingerprint density at radius 1 is 1.43 bits per heavy atom. The first-order valence-corrected chi connectivity index (χ1v) is 7.65. The molecule has 1 aliphatic rings. The fourth-order valence-corrected chi connectivity index (χ4v) is 3.06. The van der Waals surface area contributed by atoms with E-state index >= 15 is 0 Å². The van der Waals surface area contributed by atoms with E-state index < -0.39 is 0 Å². The van der Waals surface area contributed by atoms with Gasteiger partial charge in [-0.2, -0.15) is 5.26 Å². The van der Waals surface area contributed by atoms with Crippen molar-refractivity contribution in [1.29, 1.82) is 5.26 Å². The van der Waals surface area contributed by atoms with Gasteiger partial charge in [0.25, 0.3) is 5.91 Å². The van der Waals surface area contributed by atoms with Crippen molar-refractivity contribution in [2.45, 2.75) is 25.9 Å². The van der Waals surface area contributed by atoms with Gasteiger partial charge in [0.15, 0.2) is 0 Å². The van der Waals surface area contributed by atoms with Gasteiger partial charge in [0.05, 0.1) is 24.4 Å². The molecule has 2 aromatic rings. The summed E-state index contributed by atoms with van der Waals surface area (Å²) in [6.45, 7) is 2.78. The number of rotatable bonds is 4. The summed E-state index contributed by atoms with van der Waals surface area (Å²) in [6, 6.07) is 12.3. The highest BCUT2D eigenvalue weighted by Gasteiger charge is 2.28. The molecule has 0 bridgehead atoms. The molecular weight excluding hydrogens is 290 g/mol. The molecule has 1 amide bonds. The lowest BCUT2D eigenvalue weighted by Crippen LogP contribution is -2.31. The van der Waals surface area contributed by atoms with Crippen molar-refractivity contribution in [3.63, 3.8) is 0 Å². The van der Waals surface area contributed by atoms with Gasteiger partial charge in [0.1, 0.15) is 12.3 Å². The van der Waals surface area contributed by atoms with E-state index in [2.05, 4.69) is 24.0 Å². The van der Waals surface area contributed by atoms with Crippen LogP contribution in [0.4, 0.5) is 5.69 Å². The maximum absolute atomic E-state index is 12.4. The molecule has 0 N–H and O–H groups in total. The average molecular weight is 309 g/mol. The van der Waals surface area contributed by atoms with Gasteiger partial charge < -0.3 is 14.2 Å². The number of amides is 1. The van der Waals surface area contributed by atoms with Crippen LogP contribution in [0.25, 0.3) is 0 Å². The first-order valence-electron chi connectivity index (χ1n) is 7.65. The third kappa shape index (κ3) is 2.80. The van der Waals surface area contributed by atoms with Gasteiger partial charge in [-0.25, -0.2) is 0 Å². The van der Waals surface area contributed by atoms with E-state index in [0.29, 0.717) is 23.9 Å². The van der Waals surface area contributed by atoms with Crippen LogP contribution in [0.3, 0.4) is 0 Å². The van der Waals surface area contributed by atoms with E-state index in [-0.39, 0.29) is 12.5 Å². The van der Waals surface area contributed by atoms with Gasteiger partial charge in [-0.15, -0.1) is 0 Å². The minimum atomic E-state index is -0.185. The molecule has 1 unspecified atom stereocenters. The summed E-state index contributed by atoms with van der Waals surface area (Å²) < 4.78 is 5.57. The highest BCUT2D eigenvalue weighted by molar-refractivity contribution is 5.95. The van der Waals surface area contributed by atoms with Crippen LogP contribution in [0.5, 0.6) is 0 Å². The van der Waals surface area contributed by atoms with E-state index in [4.69, 9.17) is 9.68 Å². The zero-order chi connectivity index (χ0) is 16.4. The smallest absolute Gasteiger partial charge is 0.258 e. The topological polar surface area (TPSA) is 60.5 Å². The van der Waals surface area contributed by atoms with Crippen molar-refractivity contribution < 1.29 is 9.21 Å². The van der Waals surface area contributed by atoms with Crippen LogP contribution in [-0.4, -0.2) is 30.4 Å². The molecule has 1 aromatic carbocycles. The van der Waals surface area contributed by atoms with Crippen molar-refractivity contribution in [3.8, 4) is 6.07 Å². The second-order valence-corrected chi connectivity index (χ2v) is 5.89. The number of hydrogen-bond donors (Lipinski definition) is 0. The standard InChI is InChI=1S/C18H19N3O2/c1-13-11-14-5-3-4-6-16(14)21(13)12-17-15(7-10-23-17)18(22)20(2)9-8-19/h3-7,10,13H,9,11-12H2,1-2H3. The predicted octanol–water partition coefficient (Wildman–Crippen LogP) is 2.83. The third-order valence-corrected chi connectivity index (χ3v) is 4.29. The molecule has 3 rings (SSSR count). The van der Waals surface area contributed by atoms with Gasteiger partial charge >= 0.3 is 0 Å². The van der Waals surface area contributed by atoms with Crippen molar-refractivity contribution in [1.82, 2.24) is 4.90 Å². The number of benzene rings is 1. The number of nitrogens with zero attached hydrogens (tertiary/aromatic N) is 3. The highest BCUT2D eigenvalue weighted by atomic mass is 16.3. The average Bonchev–Trinajstić information content (AvgIpc) is 3.12. The first kappa shape index (κ1) is 15.2. The molecule has 23 heavy (non-hydrogen) atoms. The van der Waals surface area contributed by atoms with Crippen LogP contribution in [0.2, 0.25) is 0 Å². The summed E-state index contributed by atoms with van der Waals surface area (Å²) in [5.41, 5.74) is 3.04. The minimum Gasteiger partial charge on any atom is -0.467 e. The number of para-hydroxylation sites is 1. The summed E-state index contributed by atoms with van der Waals surface area (Å²) in [4.78, 5) is 16.1. The summed E-state index contributed by atoms with van der Waals surface area (Å²) in [6.07, 6.45) is 2.53. The van der Waals surface area contributed by atoms with Crippen LogP contribution in [0.15, 0.2) is 41.0 Å². The van der Waals surface area contributed by atoms with Gasteiger partial charge in [0, 0.05) is 18.8 Å². The number of furan rings is 1. The van der Waals surface area contributed by atoms with Crippen molar-refractivity contribution in [2.24, 2.45) is 0 Å². The van der Waals surface area contributed by atoms with E-state index in [1.807, 2.05) is 18.2 Å². The van der Waals surface area contributed by atoms with Crippen LogP contribution < -0.4 is 4.90 Å². The lowest BCUT2D eigenvalue weighted by molar-refractivity contribution is 0.0809. The Kier molecular flexibility index (Phi) is 4.07. The molecule has 0 aliphatic carbocycles. The summed E-state index contributed by atoms with van der Waals surface area (Å²) >= 11 is 0. The number of carbonyl (C=O) groups excluding carboxylic acids is 1. The second-order valence-electron chi connectivity index (χ2n) is 5.89. The highest BCUT2D eigenvalue weighted by Crippen LogP contribution is 2.33. The molecule has 0 fully saturated rings. The Morgan fingerprint density at radius 2 is 2.22 bits per heavy atom. The predicted molar refractivity (Wildman–Crippen MR) is 87.1 cm³/mol. The Morgan fingerprint density at radius 3 is 3.00 bits per heavy atom. The van der Waals surface area contributed by atoms with Crippen LogP contribution >= 0.6 is 0 Å². The summed E-state index contributed by atoms with van der Waals surface area (Å²) in [5, 5.41) is 8.75. The number of fused-ring (bicyclic) bond motifs is 1. The van der Waals surface area contributed by atoms with Crippen LogP contribution in [-0.2, 0) is 13.0 Å². The first-order chi connectivity index (χ1) is 11.1. The largest absolute Gasteiger partial charge is 0.467 e. The minimum absolute atomic E-state index is 0.0619. The number of anilines is 1. The third-order valence-electron chi connectivity index (χ3n) is 4.29. The maximum atomic E-state index is 12.4. The summed E-state index contributed by atoms with van der Waals surface area (Å²) in [5.74, 6) is 0.457. The van der Waals surface area contributed by atoms with Crippen molar-refractivity contribution in [3.05, 3.63) is 53.5 Å². The molecule has 1 aromatic heterocycles. The molecule has 0 saturated carbocycles. The monoisotopic (exact) mass is 309 g/mol. The molecule has 2 heterocycles. The molecule has 1 atom stereocenters. The van der Waals surface area contributed by atoms with E-state index in [0.717, 1.165) is 6.42 Å². The van der Waals surface area contributed by atoms with Gasteiger partial charge in [-0.05, 0) is 31.0 Å². The second kappa shape index (κ2) is 6.17. The fourth-order valence-electron chi connectivity index (χ4n) is 3.06. The van der Waals surface area contributed by atoms with Crippen molar-refractivity contribution >= 4 is 11.6 Å². The molecular formula is C18H19N3O2. The van der Waals surface area contributed by atoms with Crippen LogP contribution in [0.1, 0.15) is 28.6 Å². The Hall–Kier alpha value is -2.74. The lowest BCUT2D eigenvalue weighted by atomic mass is 10.1. The van der Waals surface area contributed by atoms with Crippen LogP contribution in [0, 0.1) is 11.3 Å². The van der Waals surface area contributed by atoms with Gasteiger partial charge in [0.2, 0.25) is 0 Å². The van der Waals surface area contributed by atoms with E-state index in [9.17, 15) is 4.79 Å². The number of nitriles is 1. The molecule has 1 aliphatic heterocycles. The Labute approximate surface area is 135 Å². The molecule has 0 saturated heterocycles. The SMILES string of the molecule is CC1Cc2ccccc2N1Cc1occc1C(=O)N(C)CC#N. The fraction of sp³-hybridized carbons (Fsp3) is 0.333. The van der Waals surface area contributed by atoms with Gasteiger partial charge in [-0.1, -0.05) is 18.2 Å². The molecule has 0 spiro atoms. The van der Waals surface area contributed by atoms with Gasteiger partial charge in [-0.3, -0.25) is 4.79 Å². The zero-order valence-corrected chi connectivity index (χ0v) is 13.3. The molecule has 5 nitrogen and oxygen atoms in total. The number of hydrogen-bond acceptors (Lipinski definition) is 4. The Balaban J connectivity index is 1.84. The molecule has 118 valence electrons. The summed E-state index contributed by atoms with van der Waals surface area (Å²) in [7, 11) is 1.62. The van der Waals surface area contributed by atoms with E-state index in [1.54, 1.807) is 13.1 Å². The normalized spacial score (nSPS) is 16.0. The lowest BCUT2D eigenvalue weighted by Gasteiger charge is -2.24. The maximum Gasteiger partial charge on any atom is 0.258 e. The van der Waals surface area contributed by atoms with Crippen molar-refractivity contribution in [2.75, 3.05) is 18.5 Å². The van der Waals surface area contributed by atoms with E-state index in [1.165, 1.54) is 22.4 Å². The molecule has 5 heteroatoms.